The van der Waals surface area contributed by atoms with Gasteiger partial charge in [0.15, 0.2) is 6.10 Å². The number of carbonyl (C=O) groups is 1. The van der Waals surface area contributed by atoms with Crippen LogP contribution in [0.4, 0.5) is 4.39 Å². The molecule has 0 aromatic heterocycles. The van der Waals surface area contributed by atoms with Crippen LogP contribution in [-0.2, 0) is 11.3 Å². The van der Waals surface area contributed by atoms with E-state index in [-0.39, 0.29) is 18.3 Å². The van der Waals surface area contributed by atoms with Crippen LogP contribution in [0, 0.1) is 26.6 Å². The Hall–Kier alpha value is -2.36. The summed E-state index contributed by atoms with van der Waals surface area (Å²) in [7, 11) is 0. The van der Waals surface area contributed by atoms with E-state index in [2.05, 4.69) is 11.4 Å². The van der Waals surface area contributed by atoms with Gasteiger partial charge in [-0.15, -0.1) is 0 Å². The monoisotopic (exact) mass is 315 g/mol. The van der Waals surface area contributed by atoms with E-state index in [1.807, 2.05) is 26.8 Å². The van der Waals surface area contributed by atoms with Crippen molar-refractivity contribution in [1.29, 1.82) is 0 Å². The lowest BCUT2D eigenvalue weighted by Gasteiger charge is -2.18. The molecule has 0 aliphatic carbocycles. The highest BCUT2D eigenvalue weighted by Crippen LogP contribution is 2.24. The number of benzene rings is 2. The van der Waals surface area contributed by atoms with E-state index in [1.165, 1.54) is 6.07 Å². The fourth-order valence-corrected chi connectivity index (χ4v) is 2.33. The van der Waals surface area contributed by atoms with E-state index in [1.54, 1.807) is 25.1 Å². The minimum Gasteiger partial charge on any atom is -0.481 e. The molecule has 3 nitrogen and oxygen atoms in total. The maximum absolute atomic E-state index is 13.5. The summed E-state index contributed by atoms with van der Waals surface area (Å²) in [5.74, 6) is 0.106. The average Bonchev–Trinajstić information content (AvgIpc) is 2.51. The zero-order valence-corrected chi connectivity index (χ0v) is 13.9. The van der Waals surface area contributed by atoms with Crippen LogP contribution in [0.25, 0.3) is 0 Å². The van der Waals surface area contributed by atoms with Crippen LogP contribution in [0.15, 0.2) is 36.4 Å². The van der Waals surface area contributed by atoms with E-state index in [0.717, 1.165) is 16.7 Å². The van der Waals surface area contributed by atoms with Crippen LogP contribution in [0.2, 0.25) is 0 Å². The maximum atomic E-state index is 13.5. The van der Waals surface area contributed by atoms with Crippen LogP contribution >= 0.6 is 0 Å². The number of nitrogens with one attached hydrogen (secondary N) is 1. The van der Waals surface area contributed by atoms with Gasteiger partial charge in [-0.2, -0.15) is 0 Å². The predicted molar refractivity (Wildman–Crippen MR) is 89.0 cm³/mol. The van der Waals surface area contributed by atoms with Crippen LogP contribution in [0.3, 0.4) is 0 Å². The second-order valence-corrected chi connectivity index (χ2v) is 5.77. The van der Waals surface area contributed by atoms with E-state index < -0.39 is 6.10 Å². The second-order valence-electron chi connectivity index (χ2n) is 5.77. The molecule has 2 aromatic carbocycles. The van der Waals surface area contributed by atoms with Crippen LogP contribution in [-0.4, -0.2) is 12.0 Å². The Bertz CT molecular complexity index is 713. The molecule has 1 N–H and O–H groups in total. The van der Waals surface area contributed by atoms with Gasteiger partial charge in [0.1, 0.15) is 11.6 Å². The molecule has 0 heterocycles. The smallest absolute Gasteiger partial charge is 0.261 e. The Balaban J connectivity index is 1.99. The van der Waals surface area contributed by atoms with Crippen molar-refractivity contribution in [1.82, 2.24) is 5.32 Å². The first kappa shape index (κ1) is 17.0. The summed E-state index contributed by atoms with van der Waals surface area (Å²) in [5.41, 5.74) is 3.68. The van der Waals surface area contributed by atoms with E-state index in [9.17, 15) is 9.18 Å². The van der Waals surface area contributed by atoms with Gasteiger partial charge in [0, 0.05) is 12.1 Å². The van der Waals surface area contributed by atoms with Gasteiger partial charge in [-0.3, -0.25) is 4.79 Å². The zero-order chi connectivity index (χ0) is 17.0. The van der Waals surface area contributed by atoms with Crippen molar-refractivity contribution in [2.45, 2.75) is 40.3 Å². The van der Waals surface area contributed by atoms with Crippen molar-refractivity contribution in [2.75, 3.05) is 0 Å². The Morgan fingerprint density at radius 3 is 2.61 bits per heavy atom. The quantitative estimate of drug-likeness (QED) is 0.910. The van der Waals surface area contributed by atoms with Gasteiger partial charge < -0.3 is 10.1 Å². The fourth-order valence-electron chi connectivity index (χ4n) is 2.33. The number of rotatable bonds is 5. The van der Waals surface area contributed by atoms with E-state index in [0.29, 0.717) is 11.3 Å². The fraction of sp³-hybridized carbons (Fsp3) is 0.316. The van der Waals surface area contributed by atoms with Crippen molar-refractivity contribution >= 4 is 5.91 Å². The summed E-state index contributed by atoms with van der Waals surface area (Å²) in [6.07, 6.45) is -0.651. The van der Waals surface area contributed by atoms with Crippen molar-refractivity contribution < 1.29 is 13.9 Å². The lowest BCUT2D eigenvalue weighted by Crippen LogP contribution is -2.36. The van der Waals surface area contributed by atoms with Crippen molar-refractivity contribution in [3.63, 3.8) is 0 Å². The molecular formula is C19H22FNO2. The Kier molecular flexibility index (Phi) is 5.37. The van der Waals surface area contributed by atoms with Gasteiger partial charge in [-0.05, 0) is 56.5 Å². The summed E-state index contributed by atoms with van der Waals surface area (Å²) in [6.45, 7) is 7.80. The standard InChI is InChI=1S/C19H22FNO2/c1-12-9-13(2)14(3)18(10-12)23-15(4)19(22)21-11-16-7-5-6-8-17(16)20/h5-10,15H,11H2,1-4H3,(H,21,22). The summed E-state index contributed by atoms with van der Waals surface area (Å²) >= 11 is 0. The van der Waals surface area contributed by atoms with Crippen LogP contribution < -0.4 is 10.1 Å². The third-order valence-electron chi connectivity index (χ3n) is 3.85. The second kappa shape index (κ2) is 7.27. The summed E-state index contributed by atoms with van der Waals surface area (Å²) in [5, 5.41) is 2.70. The molecule has 1 unspecified atom stereocenters. The Morgan fingerprint density at radius 2 is 1.91 bits per heavy atom. The first-order valence-corrected chi connectivity index (χ1v) is 7.64. The average molecular weight is 315 g/mol. The number of carbonyl (C=O) groups excluding carboxylic acids is 1. The number of aryl methyl sites for hydroxylation is 2. The third kappa shape index (κ3) is 4.31. The van der Waals surface area contributed by atoms with E-state index in [4.69, 9.17) is 4.74 Å². The number of hydrogen-bond acceptors (Lipinski definition) is 2. The highest BCUT2D eigenvalue weighted by molar-refractivity contribution is 5.80. The normalized spacial score (nSPS) is 11.9. The molecule has 0 saturated carbocycles. The first-order valence-electron chi connectivity index (χ1n) is 7.64. The van der Waals surface area contributed by atoms with Crippen LogP contribution in [0.5, 0.6) is 5.75 Å². The molecule has 23 heavy (non-hydrogen) atoms. The largest absolute Gasteiger partial charge is 0.481 e. The molecule has 0 aliphatic rings. The summed E-state index contributed by atoms with van der Waals surface area (Å²) in [6, 6.07) is 10.4. The maximum Gasteiger partial charge on any atom is 0.261 e. The van der Waals surface area contributed by atoms with Crippen LogP contribution in [0.1, 0.15) is 29.2 Å². The van der Waals surface area contributed by atoms with Crippen molar-refractivity contribution in [3.05, 3.63) is 64.5 Å². The van der Waals surface area contributed by atoms with E-state index >= 15 is 0 Å². The topological polar surface area (TPSA) is 38.3 Å². The molecule has 122 valence electrons. The van der Waals surface area contributed by atoms with Gasteiger partial charge >= 0.3 is 0 Å². The molecule has 0 saturated heterocycles. The molecule has 0 fully saturated rings. The highest BCUT2D eigenvalue weighted by atomic mass is 19.1. The van der Waals surface area contributed by atoms with Gasteiger partial charge in [-0.25, -0.2) is 4.39 Å². The van der Waals surface area contributed by atoms with Crippen molar-refractivity contribution in [3.8, 4) is 5.75 Å². The lowest BCUT2D eigenvalue weighted by atomic mass is 10.1. The van der Waals surface area contributed by atoms with Gasteiger partial charge in [-0.1, -0.05) is 24.3 Å². The number of ether oxygens (including phenoxy) is 1. The number of amides is 1. The van der Waals surface area contributed by atoms with Crippen molar-refractivity contribution in [2.24, 2.45) is 0 Å². The predicted octanol–water partition coefficient (Wildman–Crippen LogP) is 3.83. The molecule has 2 aromatic rings. The molecule has 1 amide bonds. The van der Waals surface area contributed by atoms with Gasteiger partial charge in [0.25, 0.3) is 5.91 Å². The molecule has 4 heteroatoms. The van der Waals surface area contributed by atoms with Gasteiger partial charge in [0.05, 0.1) is 0 Å². The SMILES string of the molecule is Cc1cc(C)c(C)c(OC(C)C(=O)NCc2ccccc2F)c1. The minimum atomic E-state index is -0.651. The molecule has 1 atom stereocenters. The third-order valence-corrected chi connectivity index (χ3v) is 3.85. The number of hydrogen-bond donors (Lipinski definition) is 1. The summed E-state index contributed by atoms with van der Waals surface area (Å²) in [4.78, 5) is 12.2. The summed E-state index contributed by atoms with van der Waals surface area (Å²) < 4.78 is 19.3. The number of halogens is 1. The van der Waals surface area contributed by atoms with Gasteiger partial charge in [0.2, 0.25) is 0 Å². The molecule has 2 rings (SSSR count). The Labute approximate surface area is 136 Å². The Morgan fingerprint density at radius 1 is 1.22 bits per heavy atom. The minimum absolute atomic E-state index is 0.144. The molecular weight excluding hydrogens is 293 g/mol. The zero-order valence-electron chi connectivity index (χ0n) is 13.9. The molecule has 0 radical (unpaired) electrons. The highest BCUT2D eigenvalue weighted by Gasteiger charge is 2.16. The lowest BCUT2D eigenvalue weighted by molar-refractivity contribution is -0.127. The molecule has 0 spiro atoms. The molecule has 0 bridgehead atoms. The first-order chi connectivity index (χ1) is 10.9. The molecule has 0 aliphatic heterocycles.